The molecule has 5 rings (SSSR count). The number of carbonyl (C=O) groups excluding carboxylic acids is 1. The molecule has 1 amide bonds. The van der Waals surface area contributed by atoms with Gasteiger partial charge in [0.2, 0.25) is 16.0 Å². The molecule has 1 N–H and O–H groups in total. The molecule has 180 valence electrons. The normalized spacial score (nSPS) is 22.0. The van der Waals surface area contributed by atoms with Crippen LogP contribution in [0.3, 0.4) is 0 Å². The topological polar surface area (TPSA) is 82.8 Å². The molecule has 8 nitrogen and oxygen atoms in total. The fraction of sp³-hybridized carbons (Fsp3) is 0.750. The molecular weight excluding hydrogens is 436 g/mol. The van der Waals surface area contributed by atoms with Crippen LogP contribution in [-0.2, 0) is 17.6 Å². The van der Waals surface area contributed by atoms with Crippen molar-refractivity contribution in [3.05, 3.63) is 21.6 Å². The van der Waals surface area contributed by atoms with Crippen LogP contribution in [0.25, 0.3) is 4.96 Å². The Morgan fingerprint density at radius 2 is 1.94 bits per heavy atom. The molecule has 33 heavy (non-hydrogen) atoms. The second kappa shape index (κ2) is 10.1. The molecule has 2 fully saturated rings. The summed E-state index contributed by atoms with van der Waals surface area (Å²) < 4.78 is 1.48. The summed E-state index contributed by atoms with van der Waals surface area (Å²) in [5.41, 5.74) is 1.78. The van der Waals surface area contributed by atoms with Crippen LogP contribution < -0.4 is 15.8 Å². The highest BCUT2D eigenvalue weighted by atomic mass is 32.1. The third-order valence-corrected chi connectivity index (χ3v) is 8.66. The smallest absolute Gasteiger partial charge is 0.278 e. The molecule has 2 aliphatic carbocycles. The summed E-state index contributed by atoms with van der Waals surface area (Å²) in [6, 6.07) is 0.669. The summed E-state index contributed by atoms with van der Waals surface area (Å²) in [5.74, 6) is 0.104. The lowest BCUT2D eigenvalue weighted by molar-refractivity contribution is -0.125. The van der Waals surface area contributed by atoms with E-state index < -0.39 is 0 Å². The van der Waals surface area contributed by atoms with E-state index in [2.05, 4.69) is 27.3 Å². The first-order valence-corrected chi connectivity index (χ1v) is 13.6. The second-order valence-corrected chi connectivity index (χ2v) is 10.9. The van der Waals surface area contributed by atoms with Crippen molar-refractivity contribution >= 4 is 27.3 Å². The van der Waals surface area contributed by atoms with Crippen molar-refractivity contribution in [2.24, 2.45) is 5.92 Å². The van der Waals surface area contributed by atoms with Crippen molar-refractivity contribution in [1.29, 1.82) is 0 Å². The number of aromatic nitrogens is 3. The number of hydrogen-bond donors (Lipinski definition) is 1. The molecule has 0 spiro atoms. The van der Waals surface area contributed by atoms with Gasteiger partial charge in [0.15, 0.2) is 0 Å². The van der Waals surface area contributed by atoms with Crippen LogP contribution in [0.4, 0.5) is 5.13 Å². The first-order chi connectivity index (χ1) is 16.1. The van der Waals surface area contributed by atoms with Gasteiger partial charge >= 0.3 is 0 Å². The van der Waals surface area contributed by atoms with Crippen LogP contribution in [0.5, 0.6) is 0 Å². The molecule has 3 heterocycles. The number of nitrogens with zero attached hydrogens (tertiary/aromatic N) is 5. The zero-order valence-electron chi connectivity index (χ0n) is 19.7. The van der Waals surface area contributed by atoms with Crippen LogP contribution in [0, 0.1) is 5.92 Å². The molecule has 0 aromatic carbocycles. The monoisotopic (exact) mass is 472 g/mol. The minimum Gasteiger partial charge on any atom is -0.355 e. The first-order valence-electron chi connectivity index (χ1n) is 12.7. The Labute approximate surface area is 199 Å². The van der Waals surface area contributed by atoms with Gasteiger partial charge in [0, 0.05) is 37.8 Å². The molecule has 2 aromatic heterocycles. The highest BCUT2D eigenvalue weighted by molar-refractivity contribution is 7.20. The van der Waals surface area contributed by atoms with Gasteiger partial charge in [0.1, 0.15) is 0 Å². The maximum atomic E-state index is 12.9. The van der Waals surface area contributed by atoms with Gasteiger partial charge < -0.3 is 15.1 Å². The van der Waals surface area contributed by atoms with Gasteiger partial charge in [-0.15, -0.1) is 5.10 Å². The van der Waals surface area contributed by atoms with Gasteiger partial charge in [-0.05, 0) is 58.4 Å². The van der Waals surface area contributed by atoms with Crippen molar-refractivity contribution in [1.82, 2.24) is 24.8 Å². The average molecular weight is 473 g/mol. The molecule has 1 atom stereocenters. The predicted octanol–water partition coefficient (Wildman–Crippen LogP) is 2.63. The van der Waals surface area contributed by atoms with E-state index in [4.69, 9.17) is 4.98 Å². The second-order valence-electron chi connectivity index (χ2n) is 9.98. The number of nitrogens with one attached hydrogen (secondary N) is 1. The van der Waals surface area contributed by atoms with Crippen LogP contribution in [0.1, 0.15) is 69.0 Å². The predicted molar refractivity (Wildman–Crippen MR) is 131 cm³/mol. The summed E-state index contributed by atoms with van der Waals surface area (Å²) in [6.45, 7) is 3.12. The van der Waals surface area contributed by atoms with Crippen molar-refractivity contribution in [3.8, 4) is 0 Å². The molecule has 3 aliphatic rings. The molecule has 1 saturated carbocycles. The van der Waals surface area contributed by atoms with E-state index in [1.165, 1.54) is 48.0 Å². The minimum absolute atomic E-state index is 0.00871. The van der Waals surface area contributed by atoms with Gasteiger partial charge in [0.25, 0.3) is 5.56 Å². The maximum absolute atomic E-state index is 12.9. The molecule has 0 radical (unpaired) electrons. The van der Waals surface area contributed by atoms with Crippen molar-refractivity contribution in [2.45, 2.75) is 76.7 Å². The Hall–Kier alpha value is -2.00. The fourth-order valence-corrected chi connectivity index (χ4v) is 6.61. The Kier molecular flexibility index (Phi) is 6.97. The molecule has 1 unspecified atom stereocenters. The highest BCUT2D eigenvalue weighted by Crippen LogP contribution is 2.28. The van der Waals surface area contributed by atoms with E-state index >= 15 is 0 Å². The van der Waals surface area contributed by atoms with Gasteiger partial charge in [-0.3, -0.25) is 9.59 Å². The number of aryl methyl sites for hydroxylation is 1. The van der Waals surface area contributed by atoms with E-state index in [1.807, 2.05) is 0 Å². The number of amides is 1. The molecule has 1 saturated heterocycles. The third kappa shape index (κ3) is 4.94. The number of likely N-dealkylation sites (N-methyl/N-ethyl adjacent to an activating group) is 1. The largest absolute Gasteiger partial charge is 0.355 e. The van der Waals surface area contributed by atoms with E-state index in [0.29, 0.717) is 24.1 Å². The molecule has 9 heteroatoms. The zero-order chi connectivity index (χ0) is 22.8. The lowest BCUT2D eigenvalue weighted by Gasteiger charge is -2.32. The quantitative estimate of drug-likeness (QED) is 0.696. The van der Waals surface area contributed by atoms with Gasteiger partial charge in [-0.25, -0.2) is 4.98 Å². The van der Waals surface area contributed by atoms with Gasteiger partial charge in [-0.2, -0.15) is 4.52 Å². The summed E-state index contributed by atoms with van der Waals surface area (Å²) >= 11 is 1.47. The summed E-state index contributed by atoms with van der Waals surface area (Å²) in [4.78, 5) is 35.8. The van der Waals surface area contributed by atoms with E-state index in [0.717, 1.165) is 68.0 Å². The summed E-state index contributed by atoms with van der Waals surface area (Å²) in [7, 11) is 2.19. The third-order valence-electron chi connectivity index (χ3n) is 7.69. The van der Waals surface area contributed by atoms with E-state index in [1.54, 1.807) is 0 Å². The fourth-order valence-electron chi connectivity index (χ4n) is 5.66. The Bertz CT molecular complexity index is 1040. The van der Waals surface area contributed by atoms with Crippen LogP contribution in [-0.4, -0.2) is 64.7 Å². The standard InChI is InChI=1S/C24H36N6O2S/c1-28(18-9-3-2-4-10-18)15-13-25-21(31)17-8-7-14-29(16-17)24-27-30-22(32)19-11-5-6-12-20(19)26-23(30)33-24/h17-18H,2-16H2,1H3,(H,25,31). The SMILES string of the molecule is CN(CCNC(=O)C1CCCN(c2nn3c(=O)c4c(nc3s2)CCCC4)C1)C1CCCCC1. The minimum atomic E-state index is -0.0383. The van der Waals surface area contributed by atoms with Crippen molar-refractivity contribution < 1.29 is 4.79 Å². The van der Waals surface area contributed by atoms with Crippen LogP contribution in [0.2, 0.25) is 0 Å². The van der Waals surface area contributed by atoms with Gasteiger partial charge in [0.05, 0.1) is 11.6 Å². The summed E-state index contributed by atoms with van der Waals surface area (Å²) in [5, 5.41) is 8.60. The number of anilines is 1. The average Bonchev–Trinajstić information content (AvgIpc) is 3.29. The first kappa shape index (κ1) is 22.8. The zero-order valence-corrected chi connectivity index (χ0v) is 20.5. The van der Waals surface area contributed by atoms with Crippen molar-refractivity contribution in [3.63, 3.8) is 0 Å². The number of piperidine rings is 1. The van der Waals surface area contributed by atoms with E-state index in [-0.39, 0.29) is 17.4 Å². The Morgan fingerprint density at radius 3 is 2.79 bits per heavy atom. The number of rotatable bonds is 6. The lowest BCUT2D eigenvalue weighted by Crippen LogP contribution is -2.45. The van der Waals surface area contributed by atoms with Crippen LogP contribution >= 0.6 is 11.3 Å². The Morgan fingerprint density at radius 1 is 1.12 bits per heavy atom. The molecule has 0 bridgehead atoms. The summed E-state index contributed by atoms with van der Waals surface area (Å²) in [6.07, 6.45) is 12.3. The number of hydrogen-bond acceptors (Lipinski definition) is 7. The molecule has 2 aromatic rings. The van der Waals surface area contributed by atoms with E-state index in [9.17, 15) is 9.59 Å². The lowest BCUT2D eigenvalue weighted by atomic mass is 9.94. The van der Waals surface area contributed by atoms with Crippen LogP contribution in [0.15, 0.2) is 4.79 Å². The Balaban J connectivity index is 1.20. The highest BCUT2D eigenvalue weighted by Gasteiger charge is 2.28. The number of carbonyl (C=O) groups is 1. The number of fused-ring (bicyclic) bond motifs is 2. The maximum Gasteiger partial charge on any atom is 0.278 e. The molecular formula is C24H36N6O2S. The molecule has 1 aliphatic heterocycles. The van der Waals surface area contributed by atoms with Gasteiger partial charge in [-0.1, -0.05) is 30.6 Å². The van der Waals surface area contributed by atoms with Crippen molar-refractivity contribution in [2.75, 3.05) is 38.1 Å².